The molecule has 0 bridgehead atoms. The molecule has 0 atom stereocenters. The first kappa shape index (κ1) is 29.3. The van der Waals surface area contributed by atoms with Crippen molar-refractivity contribution in [2.75, 3.05) is 4.90 Å². The van der Waals surface area contributed by atoms with Crippen molar-refractivity contribution in [3.63, 3.8) is 0 Å². The van der Waals surface area contributed by atoms with Gasteiger partial charge >= 0.3 is 29.6 Å². The van der Waals surface area contributed by atoms with Gasteiger partial charge in [0, 0.05) is 22.7 Å². The van der Waals surface area contributed by atoms with Crippen LogP contribution in [0.1, 0.15) is 73.4 Å². The predicted octanol–water partition coefficient (Wildman–Crippen LogP) is 4.35. The van der Waals surface area contributed by atoms with E-state index >= 15 is 0 Å². The second kappa shape index (κ2) is 13.6. The van der Waals surface area contributed by atoms with Crippen LogP contribution in [-0.2, 0) is 6.61 Å². The van der Waals surface area contributed by atoms with Gasteiger partial charge in [-0.15, -0.1) is 11.3 Å². The summed E-state index contributed by atoms with van der Waals surface area (Å²) in [7, 11) is 0. The zero-order valence-corrected chi connectivity index (χ0v) is 25.7. The Morgan fingerprint density at radius 2 is 1.64 bits per heavy atom. The van der Waals surface area contributed by atoms with E-state index in [1.807, 2.05) is 29.6 Å². The fraction of sp³-hybridized carbons (Fsp3) is 0.312. The number of aromatic nitrogens is 1. The van der Waals surface area contributed by atoms with Crippen LogP contribution in [0, 0.1) is 0 Å². The number of nitrogens with zero attached hydrogens (tertiary/aromatic N) is 2. The summed E-state index contributed by atoms with van der Waals surface area (Å²) in [5.74, 6) is 0.377. The molecule has 0 radical (unpaired) electrons. The number of carboxylic acids is 1. The number of anilines is 2. The Morgan fingerprint density at radius 1 is 0.974 bits per heavy atom. The van der Waals surface area contributed by atoms with Gasteiger partial charge in [0.15, 0.2) is 5.13 Å². The van der Waals surface area contributed by atoms with Crippen LogP contribution >= 0.6 is 11.3 Å². The van der Waals surface area contributed by atoms with Crippen LogP contribution in [-0.4, -0.2) is 17.0 Å². The Kier molecular flexibility index (Phi) is 10.2. The van der Waals surface area contributed by atoms with E-state index in [1.165, 1.54) is 43.2 Å². The maximum atomic E-state index is 11.1. The van der Waals surface area contributed by atoms with Gasteiger partial charge in [-0.3, -0.25) is 0 Å². The Bertz CT molecular complexity index is 1350. The second-order valence-corrected chi connectivity index (χ2v) is 11.0. The molecular weight excluding hydrogens is 515 g/mol. The third-order valence-corrected chi connectivity index (χ3v) is 8.05. The molecule has 0 spiro atoms. The first-order chi connectivity index (χ1) is 18.5. The largest absolute Gasteiger partial charge is 1.00 e. The fourth-order valence-corrected chi connectivity index (χ4v) is 6.09. The Balaban J connectivity index is 0.00000353. The SMILES string of the molecule is CC(C)N(c1ccc(C(=O)[O-])cc1)c1nc(-c2ccc(OCc3ccc(C4CCCCC4)cc3)cc2)cs1.[Na+]. The summed E-state index contributed by atoms with van der Waals surface area (Å²) in [4.78, 5) is 18.1. The van der Waals surface area contributed by atoms with E-state index in [0.29, 0.717) is 6.61 Å². The summed E-state index contributed by atoms with van der Waals surface area (Å²) < 4.78 is 6.06. The molecule has 1 aromatic heterocycles. The van der Waals surface area contributed by atoms with Crippen LogP contribution in [0.5, 0.6) is 5.75 Å². The van der Waals surface area contributed by atoms with Crippen molar-refractivity contribution in [2.24, 2.45) is 0 Å². The van der Waals surface area contributed by atoms with Gasteiger partial charge in [0.25, 0.3) is 0 Å². The second-order valence-electron chi connectivity index (χ2n) is 10.2. The Morgan fingerprint density at radius 3 is 2.26 bits per heavy atom. The van der Waals surface area contributed by atoms with Gasteiger partial charge in [0.05, 0.1) is 11.7 Å². The summed E-state index contributed by atoms with van der Waals surface area (Å²) in [6.45, 7) is 4.72. The molecule has 39 heavy (non-hydrogen) atoms. The minimum atomic E-state index is -1.18. The zero-order chi connectivity index (χ0) is 26.5. The van der Waals surface area contributed by atoms with E-state index in [0.717, 1.165) is 33.7 Å². The van der Waals surface area contributed by atoms with Crippen LogP contribution in [0.3, 0.4) is 0 Å². The molecular formula is C32H33N2NaO3S. The van der Waals surface area contributed by atoms with E-state index in [4.69, 9.17) is 9.72 Å². The Hall–Kier alpha value is -2.64. The van der Waals surface area contributed by atoms with Gasteiger partial charge in [-0.05, 0) is 85.7 Å². The number of carboxylic acid groups (broad SMARTS) is 1. The molecule has 1 aliphatic rings. The minimum absolute atomic E-state index is 0. The van der Waals surface area contributed by atoms with E-state index in [2.05, 4.69) is 43.0 Å². The summed E-state index contributed by atoms with van der Waals surface area (Å²) >= 11 is 1.56. The molecule has 0 amide bonds. The van der Waals surface area contributed by atoms with Gasteiger partial charge in [-0.1, -0.05) is 55.7 Å². The molecule has 5 nitrogen and oxygen atoms in total. The number of thiazole rings is 1. The van der Waals surface area contributed by atoms with Crippen LogP contribution in [0.15, 0.2) is 78.2 Å². The third kappa shape index (κ3) is 7.31. The van der Waals surface area contributed by atoms with E-state index in [9.17, 15) is 9.90 Å². The number of carbonyl (C=O) groups is 1. The van der Waals surface area contributed by atoms with E-state index in [-0.39, 0.29) is 41.2 Å². The quantitative estimate of drug-likeness (QED) is 0.291. The smallest absolute Gasteiger partial charge is 0.545 e. The molecule has 196 valence electrons. The van der Waals surface area contributed by atoms with Gasteiger partial charge in [-0.2, -0.15) is 0 Å². The summed E-state index contributed by atoms with van der Waals surface area (Å²) in [6, 6.07) is 23.9. The van der Waals surface area contributed by atoms with Crippen LogP contribution < -0.4 is 44.3 Å². The van der Waals surface area contributed by atoms with Crippen molar-refractivity contribution in [1.82, 2.24) is 4.98 Å². The van der Waals surface area contributed by atoms with E-state index in [1.54, 1.807) is 35.6 Å². The standard InChI is InChI=1S/C32H34N2O3S.Na/c1-22(2)34(28-16-12-27(13-17-28)31(35)36)32-33-30(21-38-32)26-14-18-29(19-15-26)37-20-23-8-10-25(11-9-23)24-6-4-3-5-7-24;/h8-19,21-22,24H,3-7,20H2,1-2H3,(H,35,36);/q;+1/p-1. The van der Waals surface area contributed by atoms with Crippen molar-refractivity contribution in [1.29, 1.82) is 0 Å². The van der Waals surface area contributed by atoms with Gasteiger partial charge < -0.3 is 19.5 Å². The molecule has 0 unspecified atom stereocenters. The van der Waals surface area contributed by atoms with Gasteiger partial charge in [0.2, 0.25) is 0 Å². The number of hydrogen-bond donors (Lipinski definition) is 0. The van der Waals surface area contributed by atoms with E-state index < -0.39 is 5.97 Å². The maximum absolute atomic E-state index is 11.1. The fourth-order valence-electron chi connectivity index (χ4n) is 5.11. The van der Waals surface area contributed by atoms with Crippen molar-refractivity contribution >= 4 is 28.1 Å². The summed E-state index contributed by atoms with van der Waals surface area (Å²) in [5.41, 5.74) is 5.61. The molecule has 1 aliphatic carbocycles. The molecule has 4 aromatic rings. The molecule has 7 heteroatoms. The first-order valence-electron chi connectivity index (χ1n) is 13.4. The molecule has 0 N–H and O–H groups in total. The van der Waals surface area contributed by atoms with Crippen LogP contribution in [0.25, 0.3) is 11.3 Å². The average molecular weight is 549 g/mol. The number of rotatable bonds is 9. The van der Waals surface area contributed by atoms with Crippen LogP contribution in [0.2, 0.25) is 0 Å². The summed E-state index contributed by atoms with van der Waals surface area (Å²) in [5, 5.41) is 14.0. The molecule has 0 aliphatic heterocycles. The number of aromatic carboxylic acids is 1. The molecule has 1 saturated carbocycles. The normalized spacial score (nSPS) is 13.6. The maximum Gasteiger partial charge on any atom is 1.00 e. The molecule has 3 aromatic carbocycles. The minimum Gasteiger partial charge on any atom is -0.545 e. The van der Waals surface area contributed by atoms with Gasteiger partial charge in [0.1, 0.15) is 12.4 Å². The number of benzene rings is 3. The molecule has 0 saturated heterocycles. The number of ether oxygens (including phenoxy) is 1. The monoisotopic (exact) mass is 548 g/mol. The topological polar surface area (TPSA) is 65.5 Å². The molecule has 5 rings (SSSR count). The third-order valence-electron chi connectivity index (χ3n) is 7.21. The Labute approximate surface area is 257 Å². The first-order valence-corrected chi connectivity index (χ1v) is 14.2. The number of carbonyl (C=O) groups excluding carboxylic acids is 1. The van der Waals surface area contributed by atoms with Gasteiger partial charge in [-0.25, -0.2) is 4.98 Å². The zero-order valence-electron chi connectivity index (χ0n) is 22.9. The van der Waals surface area contributed by atoms with Crippen molar-refractivity contribution in [3.05, 3.63) is 94.9 Å². The predicted molar refractivity (Wildman–Crippen MR) is 152 cm³/mol. The molecule has 1 fully saturated rings. The van der Waals surface area contributed by atoms with Crippen LogP contribution in [0.4, 0.5) is 10.8 Å². The van der Waals surface area contributed by atoms with Crippen molar-refractivity contribution in [2.45, 2.75) is 64.5 Å². The average Bonchev–Trinajstić information content (AvgIpc) is 3.43. The molecule has 1 heterocycles. The van der Waals surface area contributed by atoms with Crippen molar-refractivity contribution in [3.8, 4) is 17.0 Å². The summed E-state index contributed by atoms with van der Waals surface area (Å²) in [6.07, 6.45) is 6.71. The number of hydrogen-bond acceptors (Lipinski definition) is 6. The van der Waals surface area contributed by atoms with Crippen molar-refractivity contribution < 1.29 is 44.2 Å².